The molecule has 2 aliphatic heterocycles. The molecule has 0 bridgehead atoms. The largest absolute Gasteiger partial charge is 0.298 e. The molecule has 2 aliphatic rings. The Balaban J connectivity index is 1.31. The monoisotopic (exact) mass is 814 g/mol. The van der Waals surface area contributed by atoms with Crippen LogP contribution in [0.4, 0.5) is 46.0 Å². The van der Waals surface area contributed by atoms with E-state index in [9.17, 15) is 0 Å². The van der Waals surface area contributed by atoms with Crippen molar-refractivity contribution in [2.24, 2.45) is 0 Å². The molecule has 0 aliphatic carbocycles. The van der Waals surface area contributed by atoms with Crippen LogP contribution in [0.1, 0.15) is 45.6 Å². The molecular formula is C50H46N12. The number of fused-ring (bicyclic) bond motifs is 2. The van der Waals surface area contributed by atoms with Crippen LogP contribution in [-0.2, 0) is 0 Å². The summed E-state index contributed by atoms with van der Waals surface area (Å²) < 4.78 is 0. The third-order valence-corrected chi connectivity index (χ3v) is 12.2. The molecule has 0 saturated carbocycles. The molecule has 62 heavy (non-hydrogen) atoms. The van der Waals surface area contributed by atoms with Gasteiger partial charge in [0.05, 0.1) is 93.1 Å². The second-order valence-corrected chi connectivity index (χ2v) is 16.0. The molecule has 0 saturated heterocycles. The first-order valence-corrected chi connectivity index (χ1v) is 20.8. The van der Waals surface area contributed by atoms with Gasteiger partial charge in [-0.05, 0) is 102 Å². The molecule has 0 N–H and O–H groups in total. The molecule has 6 heterocycles. The van der Waals surface area contributed by atoms with Crippen molar-refractivity contribution in [3.63, 3.8) is 0 Å². The Morgan fingerprint density at radius 1 is 0.306 bits per heavy atom. The van der Waals surface area contributed by atoms with E-state index in [0.29, 0.717) is 23.3 Å². The summed E-state index contributed by atoms with van der Waals surface area (Å²) in [6.45, 7) is 16.0. The van der Waals surface area contributed by atoms with E-state index in [-0.39, 0.29) is 0 Å². The normalized spacial score (nSPS) is 15.6. The molecular weight excluding hydrogens is 769 g/mol. The number of hydrogen-bond donors (Lipinski definition) is 0. The molecule has 12 nitrogen and oxygen atoms in total. The fourth-order valence-electron chi connectivity index (χ4n) is 8.41. The van der Waals surface area contributed by atoms with Crippen LogP contribution in [0.3, 0.4) is 0 Å². The van der Waals surface area contributed by atoms with Crippen LogP contribution in [0.15, 0.2) is 122 Å². The van der Waals surface area contributed by atoms with E-state index in [1.165, 1.54) is 0 Å². The molecule has 0 radical (unpaired) electrons. The van der Waals surface area contributed by atoms with Gasteiger partial charge in [0.25, 0.3) is 0 Å². The van der Waals surface area contributed by atoms with Crippen molar-refractivity contribution < 1.29 is 0 Å². The highest BCUT2D eigenvalue weighted by Gasteiger charge is 2.53. The van der Waals surface area contributed by atoms with Crippen LogP contribution in [-0.4, -0.2) is 52.2 Å². The molecule has 2 unspecified atom stereocenters. The van der Waals surface area contributed by atoms with Gasteiger partial charge in [-0.25, -0.2) is 19.9 Å². The maximum atomic E-state index is 5.30. The Labute approximate surface area is 361 Å². The summed E-state index contributed by atoms with van der Waals surface area (Å²) >= 11 is 0. The van der Waals surface area contributed by atoms with E-state index in [1.807, 2.05) is 92.3 Å². The minimum atomic E-state index is -0.594. The number of benzene rings is 4. The van der Waals surface area contributed by atoms with Crippen LogP contribution in [0.25, 0.3) is 22.3 Å². The lowest BCUT2D eigenvalue weighted by Crippen LogP contribution is -2.58. The number of aryl methyl sites for hydroxylation is 8. The van der Waals surface area contributed by atoms with Gasteiger partial charge in [0, 0.05) is 0 Å². The number of aromatic nitrogens is 8. The molecule has 0 spiro atoms. The maximum absolute atomic E-state index is 5.30. The molecule has 4 aromatic heterocycles. The zero-order valence-corrected chi connectivity index (χ0v) is 36.1. The predicted octanol–water partition coefficient (Wildman–Crippen LogP) is 10.6. The summed E-state index contributed by atoms with van der Waals surface area (Å²) in [5.74, 6) is 2.73. The van der Waals surface area contributed by atoms with E-state index in [2.05, 4.69) is 105 Å². The van der Waals surface area contributed by atoms with Gasteiger partial charge in [0.2, 0.25) is 0 Å². The average molecular weight is 815 g/mol. The van der Waals surface area contributed by atoms with Gasteiger partial charge >= 0.3 is 0 Å². The van der Waals surface area contributed by atoms with Crippen molar-refractivity contribution in [1.29, 1.82) is 0 Å². The molecule has 10 rings (SSSR count). The van der Waals surface area contributed by atoms with Gasteiger partial charge < -0.3 is 0 Å². The van der Waals surface area contributed by atoms with Crippen LogP contribution in [0.2, 0.25) is 0 Å². The van der Waals surface area contributed by atoms with Crippen LogP contribution >= 0.6 is 0 Å². The van der Waals surface area contributed by atoms with E-state index in [1.54, 1.807) is 0 Å². The zero-order valence-electron chi connectivity index (χ0n) is 36.1. The highest BCUT2D eigenvalue weighted by Crippen LogP contribution is 2.56. The highest BCUT2D eigenvalue weighted by molar-refractivity contribution is 5.95. The first-order chi connectivity index (χ1) is 30.0. The van der Waals surface area contributed by atoms with Gasteiger partial charge in [0.15, 0.2) is 35.6 Å². The number of anilines is 8. The van der Waals surface area contributed by atoms with Gasteiger partial charge in [-0.2, -0.15) is 0 Å². The smallest absolute Gasteiger partial charge is 0.154 e. The summed E-state index contributed by atoms with van der Waals surface area (Å²) in [4.78, 5) is 50.0. The molecule has 306 valence electrons. The molecule has 12 heteroatoms. The zero-order chi connectivity index (χ0) is 42.8. The minimum Gasteiger partial charge on any atom is -0.298 e. The lowest BCUT2D eigenvalue weighted by molar-refractivity contribution is 0.537. The Morgan fingerprint density at radius 3 is 0.887 bits per heavy atom. The number of nitrogens with zero attached hydrogens (tertiary/aromatic N) is 12. The van der Waals surface area contributed by atoms with Crippen molar-refractivity contribution in [3.05, 3.63) is 167 Å². The topological polar surface area (TPSA) is 116 Å². The van der Waals surface area contributed by atoms with Crippen LogP contribution in [0, 0.1) is 55.4 Å². The van der Waals surface area contributed by atoms with E-state index in [4.69, 9.17) is 39.9 Å². The first-order valence-electron chi connectivity index (χ1n) is 20.8. The van der Waals surface area contributed by atoms with Crippen molar-refractivity contribution in [3.8, 4) is 22.3 Å². The average Bonchev–Trinajstić information content (AvgIpc) is 3.80. The Hall–Kier alpha value is -7.60. The van der Waals surface area contributed by atoms with Crippen LogP contribution < -0.4 is 19.6 Å². The number of rotatable bonds is 7. The Bertz CT molecular complexity index is 2810. The van der Waals surface area contributed by atoms with Crippen molar-refractivity contribution in [1.82, 2.24) is 39.9 Å². The summed E-state index contributed by atoms with van der Waals surface area (Å²) in [5.41, 5.74) is 14.9. The quantitative estimate of drug-likeness (QED) is 0.152. The predicted molar refractivity (Wildman–Crippen MR) is 246 cm³/mol. The Morgan fingerprint density at radius 2 is 0.597 bits per heavy atom. The molecule has 4 aromatic carbocycles. The summed E-state index contributed by atoms with van der Waals surface area (Å²) in [5, 5.41) is 0. The standard InChI is InChI=1S/C50H46N12/c1-29-33(5)55-45(25-51-29)59-41-21-19-39(37-15-11-9-12-16-37)23-43(41)61(47-27-53-31(3)35(7)57-47)49(59)50-60(46-26-52-30(2)34(6)56-46)42-22-20-40(38-17-13-10-14-18-38)24-44(42)62(50)48-28-54-32(4)36(8)58-48/h9-28,49-50H,1-8H3. The fourth-order valence-corrected chi connectivity index (χ4v) is 8.41. The fraction of sp³-hybridized carbons (Fsp3) is 0.200. The second-order valence-electron chi connectivity index (χ2n) is 16.0. The van der Waals surface area contributed by atoms with Crippen molar-refractivity contribution >= 4 is 46.0 Å². The van der Waals surface area contributed by atoms with Crippen molar-refractivity contribution in [2.75, 3.05) is 19.6 Å². The van der Waals surface area contributed by atoms with E-state index in [0.717, 1.165) is 90.6 Å². The van der Waals surface area contributed by atoms with Crippen LogP contribution in [0.5, 0.6) is 0 Å². The third-order valence-electron chi connectivity index (χ3n) is 12.2. The molecule has 0 amide bonds. The maximum Gasteiger partial charge on any atom is 0.154 e. The van der Waals surface area contributed by atoms with Gasteiger partial charge in [-0.3, -0.25) is 39.5 Å². The van der Waals surface area contributed by atoms with Gasteiger partial charge in [0.1, 0.15) is 0 Å². The lowest BCUT2D eigenvalue weighted by Gasteiger charge is -2.43. The summed E-state index contributed by atoms with van der Waals surface area (Å²) in [6, 6.07) is 34.1. The Kier molecular flexibility index (Phi) is 9.43. The number of hydrogen-bond acceptors (Lipinski definition) is 12. The van der Waals surface area contributed by atoms with Gasteiger partial charge in [-0.15, -0.1) is 0 Å². The van der Waals surface area contributed by atoms with E-state index < -0.39 is 12.3 Å². The second kappa shape index (κ2) is 15.1. The van der Waals surface area contributed by atoms with E-state index >= 15 is 0 Å². The minimum absolute atomic E-state index is 0.594. The lowest BCUT2D eigenvalue weighted by atomic mass is 10.0. The third kappa shape index (κ3) is 6.46. The summed E-state index contributed by atoms with van der Waals surface area (Å²) in [6.07, 6.45) is 6.30. The molecule has 2 atom stereocenters. The summed E-state index contributed by atoms with van der Waals surface area (Å²) in [7, 11) is 0. The first kappa shape index (κ1) is 38.6. The SMILES string of the molecule is Cc1ncc(N2c3ccc(-c4ccccc4)cc3N(c3cnc(C)c(C)n3)C2C2N(c3cnc(C)c(C)n3)c3ccc(-c4ccccc4)cc3N2c2cnc(C)c(C)n2)nc1C. The highest BCUT2D eigenvalue weighted by atomic mass is 15.6. The molecule has 0 fully saturated rings. The molecule has 8 aromatic rings. The van der Waals surface area contributed by atoms with Gasteiger partial charge in [-0.1, -0.05) is 72.8 Å². The van der Waals surface area contributed by atoms with Crippen molar-refractivity contribution in [2.45, 2.75) is 67.7 Å².